The van der Waals surface area contributed by atoms with Gasteiger partial charge in [-0.3, -0.25) is 4.90 Å². The molecule has 3 aromatic carbocycles. The largest absolute Gasteiger partial charge is 0.506 e. The van der Waals surface area contributed by atoms with Gasteiger partial charge in [0, 0.05) is 68.3 Å². The number of carbonyl (C=O) groups is 1. The second kappa shape index (κ2) is 27.0. The minimum atomic E-state index is -0.671. The van der Waals surface area contributed by atoms with Crippen LogP contribution in [0.1, 0.15) is 18.2 Å². The average molecular weight is 1080 g/mol. The van der Waals surface area contributed by atoms with Crippen LogP contribution < -0.4 is 15.3 Å². The van der Waals surface area contributed by atoms with E-state index in [0.717, 1.165) is 55.6 Å². The number of imidazole rings is 1. The lowest BCUT2D eigenvalue weighted by atomic mass is 10.1. The van der Waals surface area contributed by atoms with E-state index in [0.29, 0.717) is 115 Å². The molecular formula is C55H59FN8O12S. The number of fused-ring (bicyclic) bond motifs is 2. The van der Waals surface area contributed by atoms with Crippen LogP contribution in [0.25, 0.3) is 33.9 Å². The molecule has 0 bridgehead atoms. The van der Waals surface area contributed by atoms with Crippen LogP contribution >= 0.6 is 11.8 Å². The van der Waals surface area contributed by atoms with E-state index < -0.39 is 17.4 Å². The lowest BCUT2D eigenvalue weighted by Gasteiger charge is -2.36. The number of aromatic hydroxyl groups is 1. The van der Waals surface area contributed by atoms with Crippen LogP contribution in [-0.2, 0) is 46.4 Å². The summed E-state index contributed by atoms with van der Waals surface area (Å²) in [5.41, 5.74) is 4.04. The number of aliphatic imine (C=N–C) groups is 1. The Morgan fingerprint density at radius 1 is 0.818 bits per heavy atom. The highest BCUT2D eigenvalue weighted by Gasteiger charge is 2.33. The zero-order valence-corrected chi connectivity index (χ0v) is 43.3. The van der Waals surface area contributed by atoms with Crippen LogP contribution in [0.15, 0.2) is 134 Å². The Bertz CT molecular complexity index is 3260. The molecule has 2 aliphatic heterocycles. The van der Waals surface area contributed by atoms with E-state index in [1.165, 1.54) is 18.2 Å². The van der Waals surface area contributed by atoms with Crippen molar-refractivity contribution in [2.75, 3.05) is 110 Å². The van der Waals surface area contributed by atoms with Gasteiger partial charge in [-0.05, 0) is 67.1 Å². The number of hydrogen-bond donors (Lipinski definition) is 2. The van der Waals surface area contributed by atoms with Crippen LogP contribution in [-0.4, -0.2) is 156 Å². The fraction of sp³-hybridized carbons (Fsp3) is 0.345. The minimum absolute atomic E-state index is 0.0112. The van der Waals surface area contributed by atoms with Gasteiger partial charge in [-0.25, -0.2) is 28.6 Å². The Hall–Kier alpha value is -7.44. The topological polar surface area (TPSA) is 219 Å². The summed E-state index contributed by atoms with van der Waals surface area (Å²) in [6, 6.07) is 24.3. The highest BCUT2D eigenvalue weighted by molar-refractivity contribution is 8.18. The number of aliphatic hydroxyl groups is 1. The predicted molar refractivity (Wildman–Crippen MR) is 287 cm³/mol. The van der Waals surface area contributed by atoms with Gasteiger partial charge in [0.05, 0.1) is 107 Å². The fourth-order valence-electron chi connectivity index (χ4n) is 8.32. The number of esters is 1. The number of ether oxygens (including phenoxy) is 7. The summed E-state index contributed by atoms with van der Waals surface area (Å²) in [4.78, 5) is 39.7. The molecule has 2 aliphatic rings. The Kier molecular flexibility index (Phi) is 19.1. The molecule has 20 nitrogen and oxygen atoms in total. The number of thioether (sulfide) groups is 1. The molecule has 4 aromatic heterocycles. The molecule has 0 unspecified atom stereocenters. The van der Waals surface area contributed by atoms with Crippen molar-refractivity contribution in [3.63, 3.8) is 0 Å². The van der Waals surface area contributed by atoms with E-state index >= 15 is 0 Å². The van der Waals surface area contributed by atoms with Gasteiger partial charge in [0.25, 0.3) is 0 Å². The van der Waals surface area contributed by atoms with E-state index in [-0.39, 0.29) is 42.7 Å². The van der Waals surface area contributed by atoms with Gasteiger partial charge in [0.2, 0.25) is 0 Å². The zero-order chi connectivity index (χ0) is 53.3. The summed E-state index contributed by atoms with van der Waals surface area (Å²) in [7, 11) is 0. The zero-order valence-electron chi connectivity index (χ0n) is 42.5. The number of phenolic OH excluding ortho intramolecular Hbond substituents is 1. The van der Waals surface area contributed by atoms with Crippen molar-refractivity contribution in [2.24, 2.45) is 4.99 Å². The molecule has 2 N–H and O–H groups in total. The number of aliphatic hydroxyl groups excluding tert-OH is 1. The van der Waals surface area contributed by atoms with Crippen LogP contribution in [0, 0.1) is 5.82 Å². The van der Waals surface area contributed by atoms with Crippen molar-refractivity contribution in [2.45, 2.75) is 20.1 Å². The molecule has 0 atom stereocenters. The van der Waals surface area contributed by atoms with Gasteiger partial charge >= 0.3 is 11.6 Å². The van der Waals surface area contributed by atoms with Crippen molar-refractivity contribution >= 4 is 56.8 Å². The van der Waals surface area contributed by atoms with E-state index in [4.69, 9.17) is 37.6 Å². The molecule has 0 saturated carbocycles. The second-order valence-electron chi connectivity index (χ2n) is 17.6. The number of pyridine rings is 1. The third kappa shape index (κ3) is 14.9. The minimum Gasteiger partial charge on any atom is -0.506 e. The highest BCUT2D eigenvalue weighted by Crippen LogP contribution is 2.41. The van der Waals surface area contributed by atoms with Gasteiger partial charge in [-0.1, -0.05) is 41.2 Å². The molecule has 7 aromatic rings. The van der Waals surface area contributed by atoms with Crippen LogP contribution in [0.2, 0.25) is 0 Å². The summed E-state index contributed by atoms with van der Waals surface area (Å²) in [5.74, 6) is -1.14. The molecule has 0 spiro atoms. The molecule has 22 heteroatoms. The van der Waals surface area contributed by atoms with Crippen LogP contribution in [0.3, 0.4) is 0 Å². The molecule has 0 aliphatic carbocycles. The maximum absolute atomic E-state index is 13.7. The molecule has 77 heavy (non-hydrogen) atoms. The third-order valence-electron chi connectivity index (χ3n) is 12.2. The van der Waals surface area contributed by atoms with Crippen molar-refractivity contribution in [1.29, 1.82) is 0 Å². The number of anilines is 1. The van der Waals surface area contributed by atoms with Gasteiger partial charge in [-0.2, -0.15) is 0 Å². The first-order valence-electron chi connectivity index (χ1n) is 25.2. The van der Waals surface area contributed by atoms with E-state index in [2.05, 4.69) is 30.1 Å². The molecule has 0 radical (unpaired) electrons. The third-order valence-corrected chi connectivity index (χ3v) is 13.3. The standard InChI is InChI=1S/C55H59FN8O12S/c1-2-74-55(68)51-52(66)49(77-53(51)57-41-6-4-3-5-7-41)31-38-8-11-47(46(65)30-38)75-29-28-70-21-19-64-35-42(59-60-64)37-73-27-26-72-25-24-71-23-22-69-20-18-61-14-16-62(17-15-61)43-10-9-39-32-44(54(67)76-48(39)34-43)45-36-63-13-12-40(56)33-50(63)58-45/h3-13,30-36,65-66H,2,14-29,37H2,1H3/b49-31-,57-53?. The monoisotopic (exact) mass is 1070 g/mol. The molecule has 1 fully saturated rings. The summed E-state index contributed by atoms with van der Waals surface area (Å²) in [5, 5.41) is 31.1. The maximum atomic E-state index is 13.7. The number of hydrogen-bond acceptors (Lipinski definition) is 19. The Labute approximate surface area is 446 Å². The first kappa shape index (κ1) is 54.4. The summed E-state index contributed by atoms with van der Waals surface area (Å²) in [6.07, 6.45) is 6.70. The number of piperazine rings is 1. The molecule has 9 rings (SSSR count). The number of carbonyl (C=O) groups excluding carboxylic acids is 1. The normalized spacial score (nSPS) is 15.2. The second-order valence-corrected chi connectivity index (χ2v) is 18.6. The lowest BCUT2D eigenvalue weighted by Crippen LogP contribution is -2.47. The number of aromatic nitrogens is 5. The molecule has 6 heterocycles. The van der Waals surface area contributed by atoms with Crippen molar-refractivity contribution in [1.82, 2.24) is 29.3 Å². The first-order valence-corrected chi connectivity index (χ1v) is 26.1. The highest BCUT2D eigenvalue weighted by atomic mass is 32.2. The average Bonchev–Trinajstić information content (AvgIpc) is 4.18. The van der Waals surface area contributed by atoms with Gasteiger partial charge in [0.1, 0.15) is 45.7 Å². The van der Waals surface area contributed by atoms with Gasteiger partial charge in [0.15, 0.2) is 11.5 Å². The smallest absolute Gasteiger partial charge is 0.345 e. The van der Waals surface area contributed by atoms with Gasteiger partial charge < -0.3 is 57.1 Å². The van der Waals surface area contributed by atoms with Crippen molar-refractivity contribution in [3.05, 3.63) is 147 Å². The number of phenols is 1. The number of nitrogens with zero attached hydrogens (tertiary/aromatic N) is 8. The van der Waals surface area contributed by atoms with Crippen molar-refractivity contribution < 1.29 is 57.0 Å². The van der Waals surface area contributed by atoms with Crippen LogP contribution in [0.4, 0.5) is 15.8 Å². The predicted octanol–water partition coefficient (Wildman–Crippen LogP) is 7.22. The first-order chi connectivity index (χ1) is 37.7. The number of benzene rings is 3. The summed E-state index contributed by atoms with van der Waals surface area (Å²) in [6.45, 7) is 11.0. The SMILES string of the molecule is CCOC(=O)C1=C(O)/C(=C/c2ccc(OCCOCCn3cc(COCCOCCOCCOCCN4CCN(c5ccc6cc(-c7cn8ccc(F)cc8n7)c(=O)oc6c5)CC4)nn3)c(O)c2)SC1=Nc1ccccc1. The molecular weight excluding hydrogens is 1020 g/mol. The fourth-order valence-corrected chi connectivity index (χ4v) is 9.35. The summed E-state index contributed by atoms with van der Waals surface area (Å²) >= 11 is 1.13. The lowest BCUT2D eigenvalue weighted by molar-refractivity contribution is -0.138. The number of halogens is 1. The van der Waals surface area contributed by atoms with Gasteiger partial charge in [-0.15, -0.1) is 5.10 Å². The Morgan fingerprint density at radius 2 is 1.56 bits per heavy atom. The Morgan fingerprint density at radius 3 is 2.32 bits per heavy atom. The quantitative estimate of drug-likeness (QED) is 0.0295. The molecule has 404 valence electrons. The van der Waals surface area contributed by atoms with Crippen LogP contribution in [0.5, 0.6) is 11.5 Å². The number of para-hydroxylation sites is 1. The molecule has 1 saturated heterocycles. The number of rotatable bonds is 27. The Balaban J connectivity index is 0.571. The van der Waals surface area contributed by atoms with Crippen molar-refractivity contribution in [3.8, 4) is 22.8 Å². The van der Waals surface area contributed by atoms with E-state index in [9.17, 15) is 24.2 Å². The summed E-state index contributed by atoms with van der Waals surface area (Å²) < 4.78 is 62.1. The molecule has 0 amide bonds. The van der Waals surface area contributed by atoms with E-state index in [1.807, 2.05) is 36.4 Å². The van der Waals surface area contributed by atoms with E-state index in [1.54, 1.807) is 71.0 Å². The maximum Gasteiger partial charge on any atom is 0.345 e.